The van der Waals surface area contributed by atoms with E-state index in [0.29, 0.717) is 0 Å². The molecule has 148 valence electrons. The number of aromatic nitrogens is 2. The summed E-state index contributed by atoms with van der Waals surface area (Å²) in [6.07, 6.45) is 1.91. The van der Waals surface area contributed by atoms with Crippen LogP contribution in [0.3, 0.4) is 0 Å². The lowest BCUT2D eigenvalue weighted by Crippen LogP contribution is -2.52. The molecule has 1 N–H and O–H groups in total. The summed E-state index contributed by atoms with van der Waals surface area (Å²) in [6.45, 7) is 8.97. The summed E-state index contributed by atoms with van der Waals surface area (Å²) >= 11 is 1.51. The molecule has 0 saturated carbocycles. The third-order valence-electron chi connectivity index (χ3n) is 4.77. The van der Waals surface area contributed by atoms with Crippen molar-refractivity contribution in [2.45, 2.75) is 26.7 Å². The van der Waals surface area contributed by atoms with Crippen molar-refractivity contribution < 1.29 is 0 Å². The van der Waals surface area contributed by atoms with Crippen LogP contribution in [0.2, 0.25) is 0 Å². The fourth-order valence-corrected chi connectivity index (χ4v) is 3.96. The van der Waals surface area contributed by atoms with Crippen LogP contribution in [0.25, 0.3) is 0 Å². The third kappa shape index (κ3) is 5.78. The zero-order valence-corrected chi connectivity index (χ0v) is 19.5. The Morgan fingerprint density at radius 3 is 2.59 bits per heavy atom. The molecule has 1 fully saturated rings. The van der Waals surface area contributed by atoms with Crippen molar-refractivity contribution >= 4 is 46.6 Å². The van der Waals surface area contributed by atoms with Crippen LogP contribution >= 0.6 is 35.5 Å². The van der Waals surface area contributed by atoms with Crippen LogP contribution in [0.4, 0.5) is 5.13 Å². The highest BCUT2D eigenvalue weighted by molar-refractivity contribution is 14.0. The van der Waals surface area contributed by atoms with Gasteiger partial charge in [0.05, 0.1) is 0 Å². The van der Waals surface area contributed by atoms with Crippen molar-refractivity contribution in [3.8, 4) is 0 Å². The fourth-order valence-electron chi connectivity index (χ4n) is 3.16. The zero-order chi connectivity index (χ0) is 18.4. The maximum atomic E-state index is 4.60. The summed E-state index contributed by atoms with van der Waals surface area (Å²) in [4.78, 5) is 13.7. The predicted molar refractivity (Wildman–Crippen MR) is 125 cm³/mol. The summed E-state index contributed by atoms with van der Waals surface area (Å²) in [7, 11) is 1.86. The fraction of sp³-hybridized carbons (Fsp3) is 0.526. The maximum absolute atomic E-state index is 4.60. The van der Waals surface area contributed by atoms with Crippen molar-refractivity contribution in [2.24, 2.45) is 4.99 Å². The van der Waals surface area contributed by atoms with Gasteiger partial charge in [0.15, 0.2) is 5.96 Å². The lowest BCUT2D eigenvalue weighted by molar-refractivity contribution is 0.372. The molecule has 1 saturated heterocycles. The highest BCUT2D eigenvalue weighted by Crippen LogP contribution is 2.19. The molecular formula is C19H29IN6S. The molecule has 1 aromatic heterocycles. The lowest BCUT2D eigenvalue weighted by Gasteiger charge is -2.36. The van der Waals surface area contributed by atoms with Crippen LogP contribution in [0, 0.1) is 6.92 Å². The Balaban J connectivity index is 0.00000261. The van der Waals surface area contributed by atoms with Crippen LogP contribution in [0.1, 0.15) is 23.9 Å². The Hall–Kier alpha value is -1.42. The van der Waals surface area contributed by atoms with E-state index in [9.17, 15) is 0 Å². The van der Waals surface area contributed by atoms with E-state index in [0.717, 1.165) is 62.5 Å². The first kappa shape index (κ1) is 21.9. The molecule has 0 spiro atoms. The van der Waals surface area contributed by atoms with Gasteiger partial charge < -0.3 is 15.1 Å². The van der Waals surface area contributed by atoms with E-state index in [4.69, 9.17) is 0 Å². The lowest BCUT2D eigenvalue weighted by atomic mass is 10.1. The number of benzene rings is 1. The van der Waals surface area contributed by atoms with Crippen LogP contribution in [0.5, 0.6) is 0 Å². The van der Waals surface area contributed by atoms with Gasteiger partial charge in [0, 0.05) is 57.7 Å². The highest BCUT2D eigenvalue weighted by Gasteiger charge is 2.21. The molecule has 3 rings (SSSR count). The molecule has 0 aliphatic carbocycles. The first-order chi connectivity index (χ1) is 12.7. The average molecular weight is 500 g/mol. The SMILES string of the molecule is CCc1nsc(N2CCN(C(=NC)NCCc3ccccc3C)CC2)n1.I. The van der Waals surface area contributed by atoms with Crippen LogP contribution in [-0.2, 0) is 12.8 Å². The number of nitrogens with one attached hydrogen (secondary N) is 1. The van der Waals surface area contributed by atoms with Gasteiger partial charge in [-0.05, 0) is 24.5 Å². The first-order valence-electron chi connectivity index (χ1n) is 9.29. The van der Waals surface area contributed by atoms with Crippen molar-refractivity contribution in [1.82, 2.24) is 19.6 Å². The largest absolute Gasteiger partial charge is 0.356 e. The van der Waals surface area contributed by atoms with Gasteiger partial charge in [0.2, 0.25) is 5.13 Å². The molecule has 0 amide bonds. The van der Waals surface area contributed by atoms with Gasteiger partial charge in [0.25, 0.3) is 0 Å². The average Bonchev–Trinajstić information content (AvgIpc) is 3.16. The number of hydrogen-bond donors (Lipinski definition) is 1. The number of anilines is 1. The van der Waals surface area contributed by atoms with E-state index >= 15 is 0 Å². The second-order valence-electron chi connectivity index (χ2n) is 6.47. The van der Waals surface area contributed by atoms with E-state index in [1.54, 1.807) is 0 Å². The van der Waals surface area contributed by atoms with Gasteiger partial charge in [-0.25, -0.2) is 4.98 Å². The summed E-state index contributed by atoms with van der Waals surface area (Å²) < 4.78 is 4.40. The zero-order valence-electron chi connectivity index (χ0n) is 16.3. The molecule has 1 aliphatic rings. The number of nitrogens with zero attached hydrogens (tertiary/aromatic N) is 5. The van der Waals surface area contributed by atoms with Gasteiger partial charge in [-0.1, -0.05) is 31.2 Å². The molecule has 2 heterocycles. The number of hydrogen-bond acceptors (Lipinski definition) is 5. The minimum absolute atomic E-state index is 0. The Morgan fingerprint density at radius 2 is 1.96 bits per heavy atom. The summed E-state index contributed by atoms with van der Waals surface area (Å²) in [6, 6.07) is 8.56. The molecule has 0 radical (unpaired) electrons. The molecule has 0 bridgehead atoms. The number of aliphatic imine (C=N–C) groups is 1. The molecule has 1 aliphatic heterocycles. The normalized spacial score (nSPS) is 14.9. The van der Waals surface area contributed by atoms with E-state index in [1.807, 2.05) is 7.05 Å². The standard InChI is InChI=1S/C19H28N6S.HI/c1-4-17-22-19(26-23-17)25-13-11-24(12-14-25)18(20-3)21-10-9-16-8-6-5-7-15(16)2;/h5-8H,4,9-14H2,1-3H3,(H,20,21);1H. The quantitative estimate of drug-likeness (QED) is 0.389. The van der Waals surface area contributed by atoms with E-state index < -0.39 is 0 Å². The molecule has 8 heteroatoms. The summed E-state index contributed by atoms with van der Waals surface area (Å²) in [5.74, 6) is 1.94. The Morgan fingerprint density at radius 1 is 1.22 bits per heavy atom. The molecule has 0 unspecified atom stereocenters. The highest BCUT2D eigenvalue weighted by atomic mass is 127. The molecule has 2 aromatic rings. The van der Waals surface area contributed by atoms with Crippen molar-refractivity contribution in [2.75, 3.05) is 44.7 Å². The second-order valence-corrected chi connectivity index (χ2v) is 7.20. The Kier molecular flexibility index (Phi) is 8.75. The predicted octanol–water partition coefficient (Wildman–Crippen LogP) is 2.97. The minimum atomic E-state index is 0. The molecule has 1 aromatic carbocycles. The number of guanidine groups is 1. The monoisotopic (exact) mass is 500 g/mol. The van der Waals surface area contributed by atoms with Crippen LogP contribution in [0.15, 0.2) is 29.3 Å². The molecule has 27 heavy (non-hydrogen) atoms. The number of halogens is 1. The van der Waals surface area contributed by atoms with Gasteiger partial charge in [-0.3, -0.25) is 4.99 Å². The van der Waals surface area contributed by atoms with Crippen molar-refractivity contribution in [3.63, 3.8) is 0 Å². The van der Waals surface area contributed by atoms with Gasteiger partial charge in [-0.2, -0.15) is 4.37 Å². The van der Waals surface area contributed by atoms with Gasteiger partial charge in [-0.15, -0.1) is 24.0 Å². The van der Waals surface area contributed by atoms with Gasteiger partial charge >= 0.3 is 0 Å². The van der Waals surface area contributed by atoms with Crippen LogP contribution < -0.4 is 10.2 Å². The van der Waals surface area contributed by atoms with E-state index in [2.05, 4.69) is 67.6 Å². The topological polar surface area (TPSA) is 56.7 Å². The van der Waals surface area contributed by atoms with Crippen LogP contribution in [-0.4, -0.2) is 60.0 Å². The first-order valence-corrected chi connectivity index (χ1v) is 10.1. The van der Waals surface area contributed by atoms with Crippen molar-refractivity contribution in [3.05, 3.63) is 41.2 Å². The van der Waals surface area contributed by atoms with Crippen molar-refractivity contribution in [1.29, 1.82) is 0 Å². The Bertz CT molecular complexity index is 739. The summed E-state index contributed by atoms with van der Waals surface area (Å²) in [5, 5.41) is 4.56. The number of aryl methyl sites for hydroxylation is 2. The minimum Gasteiger partial charge on any atom is -0.356 e. The van der Waals surface area contributed by atoms with E-state index in [-0.39, 0.29) is 24.0 Å². The van der Waals surface area contributed by atoms with E-state index in [1.165, 1.54) is 22.7 Å². The van der Waals surface area contributed by atoms with Gasteiger partial charge in [0.1, 0.15) is 5.82 Å². The Labute approximate surface area is 183 Å². The molecule has 0 atom stereocenters. The molecular weight excluding hydrogens is 471 g/mol. The smallest absolute Gasteiger partial charge is 0.205 e. The number of rotatable bonds is 5. The maximum Gasteiger partial charge on any atom is 0.205 e. The third-order valence-corrected chi connectivity index (χ3v) is 5.59. The number of piperazine rings is 1. The second kappa shape index (κ2) is 10.8. The summed E-state index contributed by atoms with van der Waals surface area (Å²) in [5.41, 5.74) is 2.74. The molecule has 6 nitrogen and oxygen atoms in total.